The lowest BCUT2D eigenvalue weighted by molar-refractivity contribution is -0.131. The molecule has 1 fully saturated rings. The van der Waals surface area contributed by atoms with Crippen LogP contribution in [0.4, 0.5) is 0 Å². The second kappa shape index (κ2) is 6.94. The van der Waals surface area contributed by atoms with Crippen LogP contribution in [0.3, 0.4) is 0 Å². The van der Waals surface area contributed by atoms with Crippen LogP contribution >= 0.6 is 0 Å². The van der Waals surface area contributed by atoms with Crippen molar-refractivity contribution >= 4 is 16.8 Å². The number of hydrogen-bond acceptors (Lipinski definition) is 3. The Balaban J connectivity index is 1.70. The zero-order valence-corrected chi connectivity index (χ0v) is 13.6. The zero-order valence-electron chi connectivity index (χ0n) is 13.6. The third kappa shape index (κ3) is 3.78. The molecule has 1 aliphatic carbocycles. The first-order valence-electron chi connectivity index (χ1n) is 8.41. The van der Waals surface area contributed by atoms with Gasteiger partial charge in [0.05, 0.1) is 18.3 Å². The van der Waals surface area contributed by atoms with E-state index in [1.807, 2.05) is 23.1 Å². The summed E-state index contributed by atoms with van der Waals surface area (Å²) >= 11 is 0. The minimum Gasteiger partial charge on any atom is -0.342 e. The molecule has 3 rings (SSSR count). The van der Waals surface area contributed by atoms with Gasteiger partial charge in [0.15, 0.2) is 0 Å². The van der Waals surface area contributed by atoms with Crippen LogP contribution in [0.5, 0.6) is 0 Å². The molecule has 0 atom stereocenters. The normalized spacial score (nSPS) is 14.1. The summed E-state index contributed by atoms with van der Waals surface area (Å²) in [6, 6.07) is 7.41. The predicted molar refractivity (Wildman–Crippen MR) is 90.2 cm³/mol. The van der Waals surface area contributed by atoms with Crippen LogP contribution in [0.25, 0.3) is 10.9 Å². The van der Waals surface area contributed by atoms with Crippen molar-refractivity contribution < 1.29 is 4.79 Å². The highest BCUT2D eigenvalue weighted by atomic mass is 16.2. The molecule has 0 unspecified atom stereocenters. The van der Waals surface area contributed by atoms with E-state index in [0.717, 1.165) is 25.0 Å². The first-order chi connectivity index (χ1) is 11.2. The summed E-state index contributed by atoms with van der Waals surface area (Å²) in [4.78, 5) is 26.3. The second-order valence-corrected chi connectivity index (χ2v) is 6.28. The van der Waals surface area contributed by atoms with E-state index in [2.05, 4.69) is 12.0 Å². The molecule has 1 amide bonds. The van der Waals surface area contributed by atoms with Gasteiger partial charge >= 0.3 is 0 Å². The van der Waals surface area contributed by atoms with E-state index in [1.165, 1.54) is 19.0 Å². The zero-order chi connectivity index (χ0) is 16.2. The van der Waals surface area contributed by atoms with E-state index in [-0.39, 0.29) is 11.3 Å². The van der Waals surface area contributed by atoms with Gasteiger partial charge in [0, 0.05) is 24.9 Å². The van der Waals surface area contributed by atoms with Gasteiger partial charge in [-0.25, -0.2) is 0 Å². The van der Waals surface area contributed by atoms with Gasteiger partial charge in [-0.1, -0.05) is 19.1 Å². The standard InChI is InChI=1S/C18H23N3O2/c1-2-10-20(13-14-7-8-14)18(23)9-11-21-16-6-4-3-5-15(16)17(22)12-19-21/h3-6,12,14H,2,7-11,13H2,1H3. The summed E-state index contributed by atoms with van der Waals surface area (Å²) in [6.07, 6.45) is 5.24. The minimum absolute atomic E-state index is 0.0791. The van der Waals surface area contributed by atoms with Gasteiger partial charge in [-0.15, -0.1) is 0 Å². The topological polar surface area (TPSA) is 55.2 Å². The summed E-state index contributed by atoms with van der Waals surface area (Å²) in [6.45, 7) is 4.33. The van der Waals surface area contributed by atoms with E-state index < -0.39 is 0 Å². The summed E-state index contributed by atoms with van der Waals surface area (Å²) in [5.41, 5.74) is 0.710. The molecule has 1 aliphatic rings. The fourth-order valence-corrected chi connectivity index (χ4v) is 2.90. The molecule has 5 nitrogen and oxygen atoms in total. The van der Waals surface area contributed by atoms with Crippen molar-refractivity contribution in [1.82, 2.24) is 14.7 Å². The van der Waals surface area contributed by atoms with Crippen LogP contribution in [-0.2, 0) is 11.3 Å². The second-order valence-electron chi connectivity index (χ2n) is 6.28. The van der Waals surface area contributed by atoms with Crippen LogP contribution in [0.1, 0.15) is 32.6 Å². The molecule has 1 heterocycles. The average Bonchev–Trinajstić information content (AvgIpc) is 3.38. The fraction of sp³-hybridized carbons (Fsp3) is 0.500. The summed E-state index contributed by atoms with van der Waals surface area (Å²) < 4.78 is 1.76. The largest absolute Gasteiger partial charge is 0.342 e. The molecule has 0 N–H and O–H groups in total. The summed E-state index contributed by atoms with van der Waals surface area (Å²) in [5.74, 6) is 0.889. The van der Waals surface area contributed by atoms with Crippen molar-refractivity contribution in [1.29, 1.82) is 0 Å². The molecule has 5 heteroatoms. The first kappa shape index (κ1) is 15.7. The number of aryl methyl sites for hydroxylation is 1. The quantitative estimate of drug-likeness (QED) is 0.789. The Morgan fingerprint density at radius 2 is 2.13 bits per heavy atom. The Labute approximate surface area is 135 Å². The molecular formula is C18H23N3O2. The smallest absolute Gasteiger partial charge is 0.224 e. The number of nitrogens with zero attached hydrogens (tertiary/aromatic N) is 3. The average molecular weight is 313 g/mol. The lowest BCUT2D eigenvalue weighted by Gasteiger charge is -2.22. The molecule has 0 saturated heterocycles. The number of para-hydroxylation sites is 1. The van der Waals surface area contributed by atoms with Crippen molar-refractivity contribution in [2.45, 2.75) is 39.2 Å². The van der Waals surface area contributed by atoms with Crippen molar-refractivity contribution in [2.24, 2.45) is 5.92 Å². The molecule has 2 aromatic rings. The van der Waals surface area contributed by atoms with Crippen molar-refractivity contribution in [3.63, 3.8) is 0 Å². The van der Waals surface area contributed by atoms with E-state index in [1.54, 1.807) is 10.7 Å². The Morgan fingerprint density at radius 1 is 1.35 bits per heavy atom. The van der Waals surface area contributed by atoms with E-state index in [0.29, 0.717) is 24.3 Å². The van der Waals surface area contributed by atoms with E-state index in [4.69, 9.17) is 0 Å². The Kier molecular flexibility index (Phi) is 4.74. The van der Waals surface area contributed by atoms with Gasteiger partial charge in [0.2, 0.25) is 11.3 Å². The third-order valence-electron chi connectivity index (χ3n) is 4.32. The Hall–Kier alpha value is -2.17. The molecule has 1 aromatic carbocycles. The van der Waals surface area contributed by atoms with Crippen LogP contribution in [-0.4, -0.2) is 33.7 Å². The number of rotatable bonds is 7. The highest BCUT2D eigenvalue weighted by Gasteiger charge is 2.26. The Morgan fingerprint density at radius 3 is 2.87 bits per heavy atom. The maximum Gasteiger partial charge on any atom is 0.224 e. The molecule has 0 spiro atoms. The van der Waals surface area contributed by atoms with Crippen LogP contribution in [0.2, 0.25) is 0 Å². The van der Waals surface area contributed by atoms with Gasteiger partial charge in [0.1, 0.15) is 0 Å². The van der Waals surface area contributed by atoms with Gasteiger partial charge in [-0.3, -0.25) is 14.3 Å². The molecule has 1 aromatic heterocycles. The van der Waals surface area contributed by atoms with Gasteiger partial charge < -0.3 is 4.90 Å². The molecular weight excluding hydrogens is 290 g/mol. The van der Waals surface area contributed by atoms with Crippen LogP contribution < -0.4 is 5.43 Å². The lowest BCUT2D eigenvalue weighted by Crippen LogP contribution is -2.34. The van der Waals surface area contributed by atoms with Gasteiger partial charge in [-0.2, -0.15) is 5.10 Å². The number of carbonyl (C=O) groups is 1. The van der Waals surface area contributed by atoms with E-state index >= 15 is 0 Å². The molecule has 23 heavy (non-hydrogen) atoms. The number of amides is 1. The molecule has 1 saturated carbocycles. The minimum atomic E-state index is -0.0791. The lowest BCUT2D eigenvalue weighted by atomic mass is 10.2. The monoisotopic (exact) mass is 313 g/mol. The van der Waals surface area contributed by atoms with Gasteiger partial charge in [-0.05, 0) is 37.3 Å². The molecule has 0 radical (unpaired) electrons. The SMILES string of the molecule is CCCN(CC1CC1)C(=O)CCn1ncc(=O)c2ccccc21. The summed E-state index contributed by atoms with van der Waals surface area (Å²) in [5, 5.41) is 4.84. The maximum atomic E-state index is 12.5. The number of aromatic nitrogens is 2. The number of carbonyl (C=O) groups excluding carboxylic acids is 1. The first-order valence-corrected chi connectivity index (χ1v) is 8.41. The maximum absolute atomic E-state index is 12.5. The Bertz CT molecular complexity index is 749. The summed E-state index contributed by atoms with van der Waals surface area (Å²) in [7, 11) is 0. The van der Waals surface area contributed by atoms with Crippen molar-refractivity contribution in [2.75, 3.05) is 13.1 Å². The highest BCUT2D eigenvalue weighted by Crippen LogP contribution is 2.30. The third-order valence-corrected chi connectivity index (χ3v) is 4.32. The number of hydrogen-bond donors (Lipinski definition) is 0. The highest BCUT2D eigenvalue weighted by molar-refractivity contribution is 5.79. The van der Waals surface area contributed by atoms with Crippen molar-refractivity contribution in [3.05, 3.63) is 40.7 Å². The fourth-order valence-electron chi connectivity index (χ4n) is 2.90. The van der Waals surface area contributed by atoms with Crippen LogP contribution in [0.15, 0.2) is 35.3 Å². The molecule has 122 valence electrons. The van der Waals surface area contributed by atoms with E-state index in [9.17, 15) is 9.59 Å². The molecule has 0 aliphatic heterocycles. The number of fused-ring (bicyclic) bond motifs is 1. The predicted octanol–water partition coefficient (Wildman–Crippen LogP) is 2.44. The van der Waals surface area contributed by atoms with Crippen LogP contribution in [0, 0.1) is 5.92 Å². The van der Waals surface area contributed by atoms with Gasteiger partial charge in [0.25, 0.3) is 0 Å². The molecule has 0 bridgehead atoms. The van der Waals surface area contributed by atoms with Crippen molar-refractivity contribution in [3.8, 4) is 0 Å². The number of benzene rings is 1.